The van der Waals surface area contributed by atoms with Gasteiger partial charge in [0.05, 0.1) is 11.5 Å². The standard InChI is InChI=1S/C12H18N2O3S/c1-9-7-11(4-5-12(9)13)18(15,16)14-10-3-2-6-17-8-10/h4-5,7,10,14H,2-3,6,8,13H2,1H3. The van der Waals surface area contributed by atoms with E-state index in [1.165, 1.54) is 6.07 Å². The minimum absolute atomic E-state index is 0.137. The van der Waals surface area contributed by atoms with Crippen LogP contribution in [0.5, 0.6) is 0 Å². The maximum Gasteiger partial charge on any atom is 0.240 e. The van der Waals surface area contributed by atoms with Crippen molar-refractivity contribution in [2.45, 2.75) is 30.7 Å². The fourth-order valence-corrected chi connectivity index (χ4v) is 3.28. The van der Waals surface area contributed by atoms with Crippen LogP contribution in [-0.2, 0) is 14.8 Å². The number of benzene rings is 1. The Hall–Kier alpha value is -1.11. The predicted octanol–water partition coefficient (Wildman–Crippen LogP) is 1.03. The van der Waals surface area contributed by atoms with E-state index in [4.69, 9.17) is 10.5 Å². The lowest BCUT2D eigenvalue weighted by atomic mass is 10.1. The van der Waals surface area contributed by atoms with Crippen LogP contribution in [0, 0.1) is 6.92 Å². The van der Waals surface area contributed by atoms with E-state index < -0.39 is 10.0 Å². The van der Waals surface area contributed by atoms with Gasteiger partial charge in [-0.1, -0.05) is 0 Å². The second-order valence-electron chi connectivity index (χ2n) is 4.55. The summed E-state index contributed by atoms with van der Waals surface area (Å²) in [4.78, 5) is 0.250. The summed E-state index contributed by atoms with van der Waals surface area (Å²) in [6.07, 6.45) is 1.70. The topological polar surface area (TPSA) is 81.4 Å². The quantitative estimate of drug-likeness (QED) is 0.804. The predicted molar refractivity (Wildman–Crippen MR) is 69.8 cm³/mol. The van der Waals surface area contributed by atoms with Gasteiger partial charge in [-0.15, -0.1) is 0 Å². The van der Waals surface area contributed by atoms with Crippen LogP contribution in [0.4, 0.5) is 5.69 Å². The van der Waals surface area contributed by atoms with E-state index in [9.17, 15) is 8.42 Å². The molecular formula is C12H18N2O3S. The Morgan fingerprint density at radius 3 is 2.83 bits per heavy atom. The van der Waals surface area contributed by atoms with Crippen molar-refractivity contribution in [1.82, 2.24) is 4.72 Å². The molecule has 0 amide bonds. The summed E-state index contributed by atoms with van der Waals surface area (Å²) in [5.41, 5.74) is 7.04. The number of nitrogens with two attached hydrogens (primary N) is 1. The number of nitrogen functional groups attached to an aromatic ring is 1. The zero-order valence-corrected chi connectivity index (χ0v) is 11.2. The first-order chi connectivity index (χ1) is 8.49. The van der Waals surface area contributed by atoms with Gasteiger partial charge < -0.3 is 10.5 Å². The van der Waals surface area contributed by atoms with E-state index >= 15 is 0 Å². The molecule has 1 atom stereocenters. The minimum atomic E-state index is -3.48. The van der Waals surface area contributed by atoms with Gasteiger partial charge in [0, 0.05) is 18.3 Å². The van der Waals surface area contributed by atoms with Crippen molar-refractivity contribution in [3.05, 3.63) is 23.8 Å². The van der Waals surface area contributed by atoms with Crippen molar-refractivity contribution in [3.8, 4) is 0 Å². The molecule has 1 aliphatic rings. The third-order valence-electron chi connectivity index (χ3n) is 3.03. The number of ether oxygens (including phenoxy) is 1. The summed E-state index contributed by atoms with van der Waals surface area (Å²) in [5.74, 6) is 0. The van der Waals surface area contributed by atoms with Crippen LogP contribution in [-0.4, -0.2) is 27.7 Å². The molecule has 1 aliphatic heterocycles. The van der Waals surface area contributed by atoms with Crippen molar-refractivity contribution in [3.63, 3.8) is 0 Å². The van der Waals surface area contributed by atoms with Crippen LogP contribution in [0.1, 0.15) is 18.4 Å². The highest BCUT2D eigenvalue weighted by atomic mass is 32.2. The lowest BCUT2D eigenvalue weighted by molar-refractivity contribution is 0.0774. The fraction of sp³-hybridized carbons (Fsp3) is 0.500. The fourth-order valence-electron chi connectivity index (χ4n) is 1.94. The van der Waals surface area contributed by atoms with Crippen LogP contribution in [0.3, 0.4) is 0 Å². The maximum absolute atomic E-state index is 12.2. The molecule has 0 spiro atoms. The lowest BCUT2D eigenvalue weighted by Gasteiger charge is -2.23. The summed E-state index contributed by atoms with van der Waals surface area (Å²) < 4.78 is 32.2. The van der Waals surface area contributed by atoms with Crippen molar-refractivity contribution >= 4 is 15.7 Å². The summed E-state index contributed by atoms with van der Waals surface area (Å²) in [7, 11) is -3.48. The molecule has 1 unspecified atom stereocenters. The third kappa shape index (κ3) is 3.01. The van der Waals surface area contributed by atoms with Gasteiger partial charge in [-0.05, 0) is 43.5 Å². The molecule has 0 saturated carbocycles. The van der Waals surface area contributed by atoms with Gasteiger partial charge in [0.1, 0.15) is 0 Å². The van der Waals surface area contributed by atoms with Crippen LogP contribution in [0.15, 0.2) is 23.1 Å². The van der Waals surface area contributed by atoms with E-state index in [-0.39, 0.29) is 10.9 Å². The zero-order chi connectivity index (χ0) is 13.2. The summed E-state index contributed by atoms with van der Waals surface area (Å²) >= 11 is 0. The van der Waals surface area contributed by atoms with Gasteiger partial charge in [0.2, 0.25) is 10.0 Å². The van der Waals surface area contributed by atoms with Crippen LogP contribution >= 0.6 is 0 Å². The highest BCUT2D eigenvalue weighted by molar-refractivity contribution is 7.89. The van der Waals surface area contributed by atoms with E-state index in [1.807, 2.05) is 0 Å². The average molecular weight is 270 g/mol. The number of hydrogen-bond acceptors (Lipinski definition) is 4. The Morgan fingerprint density at radius 1 is 1.44 bits per heavy atom. The van der Waals surface area contributed by atoms with Gasteiger partial charge in [-0.3, -0.25) is 0 Å². The van der Waals surface area contributed by atoms with Crippen molar-refractivity contribution in [2.24, 2.45) is 0 Å². The Bertz CT molecular complexity index is 522. The Kier molecular flexibility index (Phi) is 3.89. The Labute approximate surface area is 107 Å². The van der Waals surface area contributed by atoms with Gasteiger partial charge in [-0.25, -0.2) is 13.1 Å². The number of rotatable bonds is 3. The lowest BCUT2D eigenvalue weighted by Crippen LogP contribution is -2.40. The molecule has 1 fully saturated rings. The maximum atomic E-state index is 12.2. The SMILES string of the molecule is Cc1cc(S(=O)(=O)NC2CCCOC2)ccc1N. The Morgan fingerprint density at radius 2 is 2.22 bits per heavy atom. The molecule has 3 N–H and O–H groups in total. The first-order valence-electron chi connectivity index (χ1n) is 5.95. The monoisotopic (exact) mass is 270 g/mol. The molecule has 5 nitrogen and oxygen atoms in total. The molecule has 1 saturated heterocycles. The molecule has 100 valence electrons. The largest absolute Gasteiger partial charge is 0.399 e. The number of sulfonamides is 1. The minimum Gasteiger partial charge on any atom is -0.399 e. The van der Waals surface area contributed by atoms with Gasteiger partial charge in [0.15, 0.2) is 0 Å². The molecular weight excluding hydrogens is 252 g/mol. The smallest absolute Gasteiger partial charge is 0.240 e. The first-order valence-corrected chi connectivity index (χ1v) is 7.43. The first kappa shape index (κ1) is 13.3. The van der Waals surface area contributed by atoms with E-state index in [0.29, 0.717) is 18.9 Å². The molecule has 1 aromatic rings. The van der Waals surface area contributed by atoms with E-state index in [1.54, 1.807) is 19.1 Å². The van der Waals surface area contributed by atoms with Crippen molar-refractivity contribution < 1.29 is 13.2 Å². The molecule has 0 aliphatic carbocycles. The van der Waals surface area contributed by atoms with Gasteiger partial charge >= 0.3 is 0 Å². The number of anilines is 1. The molecule has 18 heavy (non-hydrogen) atoms. The molecule has 1 heterocycles. The van der Waals surface area contributed by atoms with Crippen LogP contribution < -0.4 is 10.5 Å². The molecule has 1 aromatic carbocycles. The Balaban J connectivity index is 2.16. The van der Waals surface area contributed by atoms with Gasteiger partial charge in [-0.2, -0.15) is 0 Å². The summed E-state index contributed by atoms with van der Waals surface area (Å²) in [5, 5.41) is 0. The van der Waals surface area contributed by atoms with E-state index in [2.05, 4.69) is 4.72 Å². The second-order valence-corrected chi connectivity index (χ2v) is 6.27. The highest BCUT2D eigenvalue weighted by Gasteiger charge is 2.22. The van der Waals surface area contributed by atoms with Crippen molar-refractivity contribution in [2.75, 3.05) is 18.9 Å². The van der Waals surface area contributed by atoms with Crippen molar-refractivity contribution in [1.29, 1.82) is 0 Å². The van der Waals surface area contributed by atoms with Crippen LogP contribution in [0.25, 0.3) is 0 Å². The van der Waals surface area contributed by atoms with Gasteiger partial charge in [0.25, 0.3) is 0 Å². The number of aryl methyl sites for hydroxylation is 1. The molecule has 2 rings (SSSR count). The molecule has 0 bridgehead atoms. The third-order valence-corrected chi connectivity index (χ3v) is 4.55. The number of hydrogen-bond donors (Lipinski definition) is 2. The second kappa shape index (κ2) is 5.26. The molecule has 0 radical (unpaired) electrons. The summed E-state index contributed by atoms with van der Waals surface area (Å²) in [6, 6.07) is 4.58. The molecule has 0 aromatic heterocycles. The summed E-state index contributed by atoms with van der Waals surface area (Å²) in [6.45, 7) is 2.93. The van der Waals surface area contributed by atoms with E-state index in [0.717, 1.165) is 18.4 Å². The zero-order valence-electron chi connectivity index (χ0n) is 10.3. The molecule has 6 heteroatoms. The van der Waals surface area contributed by atoms with Crippen LogP contribution in [0.2, 0.25) is 0 Å². The average Bonchev–Trinajstić information content (AvgIpc) is 2.33. The number of nitrogens with one attached hydrogen (secondary N) is 1. The normalized spacial score (nSPS) is 20.8. The highest BCUT2D eigenvalue weighted by Crippen LogP contribution is 2.18.